The molecule has 4 nitrogen and oxygen atoms in total. The summed E-state index contributed by atoms with van der Waals surface area (Å²) >= 11 is 0. The van der Waals surface area contributed by atoms with Crippen molar-refractivity contribution in [1.82, 2.24) is 0 Å². The van der Waals surface area contributed by atoms with Crippen molar-refractivity contribution in [3.8, 4) is 11.5 Å². The molecule has 0 amide bonds. The Labute approximate surface area is 127 Å². The van der Waals surface area contributed by atoms with E-state index in [0.717, 1.165) is 62.6 Å². The minimum atomic E-state index is 0.170. The van der Waals surface area contributed by atoms with Crippen molar-refractivity contribution in [2.24, 2.45) is 11.7 Å². The molecule has 118 valence electrons. The number of methoxy groups -OCH3 is 1. The zero-order chi connectivity index (χ0) is 15.1. The number of nitrogens with two attached hydrogens (primary N) is 1. The Morgan fingerprint density at radius 3 is 2.76 bits per heavy atom. The van der Waals surface area contributed by atoms with Crippen LogP contribution in [0.2, 0.25) is 0 Å². The van der Waals surface area contributed by atoms with Gasteiger partial charge in [-0.25, -0.2) is 0 Å². The normalized spacial score (nSPS) is 17.5. The molecular weight excluding hydrogens is 266 g/mol. The molecule has 0 aromatic heterocycles. The van der Waals surface area contributed by atoms with Crippen LogP contribution >= 0.6 is 0 Å². The third-order valence-corrected chi connectivity index (χ3v) is 4.10. The topological polar surface area (TPSA) is 53.7 Å². The van der Waals surface area contributed by atoms with Crippen LogP contribution in [-0.4, -0.2) is 33.0 Å². The Morgan fingerprint density at radius 2 is 2.10 bits per heavy atom. The highest BCUT2D eigenvalue weighted by molar-refractivity contribution is 5.41. The quantitative estimate of drug-likeness (QED) is 0.840. The first-order valence-electron chi connectivity index (χ1n) is 7.86. The van der Waals surface area contributed by atoms with E-state index in [2.05, 4.69) is 13.0 Å². The van der Waals surface area contributed by atoms with E-state index in [4.69, 9.17) is 19.9 Å². The van der Waals surface area contributed by atoms with Gasteiger partial charge < -0.3 is 19.9 Å². The first-order chi connectivity index (χ1) is 10.2. The summed E-state index contributed by atoms with van der Waals surface area (Å²) in [5, 5.41) is 0. The van der Waals surface area contributed by atoms with E-state index in [1.54, 1.807) is 7.11 Å². The van der Waals surface area contributed by atoms with Crippen LogP contribution in [0.1, 0.15) is 31.7 Å². The predicted octanol–water partition coefficient (Wildman–Crippen LogP) is 2.78. The highest BCUT2D eigenvalue weighted by atomic mass is 16.5. The van der Waals surface area contributed by atoms with E-state index >= 15 is 0 Å². The fourth-order valence-corrected chi connectivity index (χ4v) is 2.51. The van der Waals surface area contributed by atoms with E-state index in [0.29, 0.717) is 5.92 Å². The van der Waals surface area contributed by atoms with Crippen molar-refractivity contribution in [3.05, 3.63) is 23.8 Å². The molecule has 2 N–H and O–H groups in total. The van der Waals surface area contributed by atoms with Gasteiger partial charge >= 0.3 is 0 Å². The van der Waals surface area contributed by atoms with E-state index in [-0.39, 0.29) is 6.04 Å². The van der Waals surface area contributed by atoms with Gasteiger partial charge in [-0.05, 0) is 43.2 Å². The molecule has 1 unspecified atom stereocenters. The molecule has 1 aromatic rings. The fourth-order valence-electron chi connectivity index (χ4n) is 2.51. The van der Waals surface area contributed by atoms with Crippen LogP contribution in [-0.2, 0) is 11.2 Å². The van der Waals surface area contributed by atoms with Gasteiger partial charge in [0.2, 0.25) is 0 Å². The lowest BCUT2D eigenvalue weighted by atomic mass is 10.0. The lowest BCUT2D eigenvalue weighted by molar-refractivity contribution is 0.0495. The number of hydrogen-bond acceptors (Lipinski definition) is 4. The van der Waals surface area contributed by atoms with Gasteiger partial charge in [-0.2, -0.15) is 0 Å². The monoisotopic (exact) mass is 293 g/mol. The zero-order valence-corrected chi connectivity index (χ0v) is 13.1. The summed E-state index contributed by atoms with van der Waals surface area (Å²) in [6, 6.07) is 6.17. The van der Waals surface area contributed by atoms with Crippen LogP contribution in [0.15, 0.2) is 18.2 Å². The van der Waals surface area contributed by atoms with Gasteiger partial charge in [-0.1, -0.05) is 13.0 Å². The highest BCUT2D eigenvalue weighted by Crippen LogP contribution is 2.27. The molecule has 1 heterocycles. The van der Waals surface area contributed by atoms with Crippen molar-refractivity contribution < 1.29 is 14.2 Å². The maximum atomic E-state index is 6.08. The van der Waals surface area contributed by atoms with Gasteiger partial charge in [0.15, 0.2) is 0 Å². The Bertz CT molecular complexity index is 430. The molecule has 1 aliphatic rings. The molecule has 2 rings (SSSR count). The third kappa shape index (κ3) is 4.90. The molecule has 1 fully saturated rings. The van der Waals surface area contributed by atoms with Crippen LogP contribution in [0.4, 0.5) is 0 Å². The van der Waals surface area contributed by atoms with Crippen LogP contribution in [0.3, 0.4) is 0 Å². The summed E-state index contributed by atoms with van der Waals surface area (Å²) in [6.45, 7) is 4.54. The Balaban J connectivity index is 2.02. The second-order valence-corrected chi connectivity index (χ2v) is 5.71. The summed E-state index contributed by atoms with van der Waals surface area (Å²) in [7, 11) is 1.68. The Hall–Kier alpha value is -1.26. The molecule has 0 aliphatic carbocycles. The number of ether oxygens (including phenoxy) is 3. The van der Waals surface area contributed by atoms with Crippen molar-refractivity contribution in [2.45, 2.75) is 38.6 Å². The molecule has 1 aliphatic heterocycles. The molecular formula is C17H27NO3. The Kier molecular flexibility index (Phi) is 6.33. The first kappa shape index (κ1) is 16.1. The molecule has 0 spiro atoms. The lowest BCUT2D eigenvalue weighted by Gasteiger charge is -2.23. The summed E-state index contributed by atoms with van der Waals surface area (Å²) in [5.41, 5.74) is 7.24. The minimum Gasteiger partial charge on any atom is -0.497 e. The van der Waals surface area contributed by atoms with Crippen LogP contribution < -0.4 is 15.2 Å². The van der Waals surface area contributed by atoms with Gasteiger partial charge in [0.05, 0.1) is 13.7 Å². The van der Waals surface area contributed by atoms with Crippen molar-refractivity contribution in [3.63, 3.8) is 0 Å². The maximum absolute atomic E-state index is 6.08. The molecule has 1 aromatic carbocycles. The first-order valence-corrected chi connectivity index (χ1v) is 7.86. The fraction of sp³-hybridized carbons (Fsp3) is 0.647. The van der Waals surface area contributed by atoms with Crippen molar-refractivity contribution in [2.75, 3.05) is 26.9 Å². The molecule has 0 radical (unpaired) electrons. The second kappa shape index (κ2) is 8.25. The van der Waals surface area contributed by atoms with E-state index in [9.17, 15) is 0 Å². The third-order valence-electron chi connectivity index (χ3n) is 4.10. The van der Waals surface area contributed by atoms with E-state index < -0.39 is 0 Å². The van der Waals surface area contributed by atoms with Crippen molar-refractivity contribution >= 4 is 0 Å². The predicted molar refractivity (Wildman–Crippen MR) is 84.0 cm³/mol. The van der Waals surface area contributed by atoms with Crippen molar-refractivity contribution in [1.29, 1.82) is 0 Å². The number of rotatable bonds is 7. The Morgan fingerprint density at radius 1 is 1.33 bits per heavy atom. The molecule has 4 heteroatoms. The molecule has 1 atom stereocenters. The molecule has 1 saturated heterocycles. The number of benzene rings is 1. The van der Waals surface area contributed by atoms with Gasteiger partial charge in [-0.15, -0.1) is 0 Å². The van der Waals surface area contributed by atoms with Crippen LogP contribution in [0.5, 0.6) is 11.5 Å². The summed E-state index contributed by atoms with van der Waals surface area (Å²) in [5.74, 6) is 2.31. The standard InChI is InChI=1S/C17H27NO3/c1-3-15(18)10-14-4-5-16(19-2)11-17(14)21-12-13-6-8-20-9-7-13/h4-5,11,13,15H,3,6-10,12,18H2,1-2H3. The summed E-state index contributed by atoms with van der Waals surface area (Å²) < 4.78 is 16.8. The molecule has 0 bridgehead atoms. The molecule has 21 heavy (non-hydrogen) atoms. The zero-order valence-electron chi connectivity index (χ0n) is 13.1. The number of hydrogen-bond donors (Lipinski definition) is 1. The van der Waals surface area contributed by atoms with Gasteiger partial charge in [0, 0.05) is 25.3 Å². The average Bonchev–Trinajstić information content (AvgIpc) is 2.54. The second-order valence-electron chi connectivity index (χ2n) is 5.71. The highest BCUT2D eigenvalue weighted by Gasteiger charge is 2.16. The van der Waals surface area contributed by atoms with Gasteiger partial charge in [-0.3, -0.25) is 0 Å². The average molecular weight is 293 g/mol. The molecule has 0 saturated carbocycles. The SMILES string of the molecule is CCC(N)Cc1ccc(OC)cc1OCC1CCOCC1. The lowest BCUT2D eigenvalue weighted by Crippen LogP contribution is -2.23. The largest absolute Gasteiger partial charge is 0.497 e. The minimum absolute atomic E-state index is 0.170. The van der Waals surface area contributed by atoms with Crippen LogP contribution in [0.25, 0.3) is 0 Å². The maximum Gasteiger partial charge on any atom is 0.126 e. The van der Waals surface area contributed by atoms with Gasteiger partial charge in [0.25, 0.3) is 0 Å². The summed E-state index contributed by atoms with van der Waals surface area (Å²) in [6.07, 6.45) is 3.95. The van der Waals surface area contributed by atoms with Crippen LogP contribution in [0, 0.1) is 5.92 Å². The van der Waals surface area contributed by atoms with E-state index in [1.807, 2.05) is 12.1 Å². The van der Waals surface area contributed by atoms with E-state index in [1.165, 1.54) is 0 Å². The summed E-state index contributed by atoms with van der Waals surface area (Å²) in [4.78, 5) is 0. The smallest absolute Gasteiger partial charge is 0.126 e. The van der Waals surface area contributed by atoms with Gasteiger partial charge in [0.1, 0.15) is 11.5 Å².